The summed E-state index contributed by atoms with van der Waals surface area (Å²) in [4.78, 5) is 0. The Morgan fingerprint density at radius 1 is 1.42 bits per heavy atom. The van der Waals surface area contributed by atoms with E-state index in [1.54, 1.807) is 6.26 Å². The van der Waals surface area contributed by atoms with E-state index in [1.165, 1.54) is 16.5 Å². The molecule has 0 amide bonds. The number of alkyl halides is 1. The molecule has 2 heteroatoms. The fourth-order valence-electron chi connectivity index (χ4n) is 1.29. The van der Waals surface area contributed by atoms with Crippen LogP contribution in [0.3, 0.4) is 0 Å². The maximum Gasteiger partial charge on any atom is 0.134 e. The van der Waals surface area contributed by atoms with Gasteiger partial charge in [0.1, 0.15) is 5.58 Å². The second kappa shape index (κ2) is 2.94. The number of benzene rings is 1. The number of rotatable bonds is 1. The van der Waals surface area contributed by atoms with Crippen molar-refractivity contribution in [3.05, 3.63) is 35.6 Å². The maximum absolute atomic E-state index is 5.39. The second-order valence-corrected chi connectivity index (χ2v) is 3.45. The zero-order valence-electron chi connectivity index (χ0n) is 6.80. The Morgan fingerprint density at radius 3 is 3.00 bits per heavy atom. The van der Waals surface area contributed by atoms with Crippen molar-refractivity contribution >= 4 is 26.9 Å². The molecule has 2 rings (SSSR count). The highest BCUT2D eigenvalue weighted by atomic mass is 79.9. The van der Waals surface area contributed by atoms with E-state index in [2.05, 4.69) is 41.1 Å². The predicted molar refractivity (Wildman–Crippen MR) is 53.6 cm³/mol. The summed E-state index contributed by atoms with van der Waals surface area (Å²) in [7, 11) is 0. The molecular formula is C10H9BrO. The van der Waals surface area contributed by atoms with E-state index >= 15 is 0 Å². The van der Waals surface area contributed by atoms with Crippen molar-refractivity contribution in [3.63, 3.8) is 0 Å². The lowest BCUT2D eigenvalue weighted by molar-refractivity contribution is 0.612. The van der Waals surface area contributed by atoms with E-state index in [0.29, 0.717) is 0 Å². The fourth-order valence-corrected chi connectivity index (χ4v) is 1.73. The maximum atomic E-state index is 5.39. The minimum atomic E-state index is 0.850. The van der Waals surface area contributed by atoms with Crippen LogP contribution in [0.2, 0.25) is 0 Å². The van der Waals surface area contributed by atoms with Gasteiger partial charge in [0.2, 0.25) is 0 Å². The van der Waals surface area contributed by atoms with Gasteiger partial charge in [0.05, 0.1) is 6.26 Å². The topological polar surface area (TPSA) is 13.1 Å². The third-order valence-corrected chi connectivity index (χ3v) is 2.56. The van der Waals surface area contributed by atoms with Gasteiger partial charge in [0.15, 0.2) is 0 Å². The highest BCUT2D eigenvalue weighted by molar-refractivity contribution is 9.08. The Bertz CT molecular complexity index is 403. The standard InChI is InChI=1S/C10H9BrO/c1-7-2-3-9-8(5-11)6-12-10(9)4-7/h2-4,6H,5H2,1H3. The highest BCUT2D eigenvalue weighted by Crippen LogP contribution is 2.23. The summed E-state index contributed by atoms with van der Waals surface area (Å²) in [6, 6.07) is 6.26. The van der Waals surface area contributed by atoms with E-state index in [1.807, 2.05) is 0 Å². The van der Waals surface area contributed by atoms with Crippen LogP contribution in [0.5, 0.6) is 0 Å². The molecule has 0 saturated heterocycles. The average Bonchev–Trinajstić information content (AvgIpc) is 2.46. The number of fused-ring (bicyclic) bond motifs is 1. The number of hydrogen-bond acceptors (Lipinski definition) is 1. The number of aryl methyl sites for hydroxylation is 1. The van der Waals surface area contributed by atoms with Gasteiger partial charge in [-0.1, -0.05) is 28.1 Å². The summed E-state index contributed by atoms with van der Waals surface area (Å²) in [5, 5.41) is 2.06. The van der Waals surface area contributed by atoms with Crippen molar-refractivity contribution in [2.75, 3.05) is 0 Å². The van der Waals surface area contributed by atoms with Gasteiger partial charge < -0.3 is 4.42 Å². The van der Waals surface area contributed by atoms with E-state index in [9.17, 15) is 0 Å². The molecule has 1 aromatic heterocycles. The van der Waals surface area contributed by atoms with E-state index in [0.717, 1.165) is 10.9 Å². The number of furan rings is 1. The quantitative estimate of drug-likeness (QED) is 0.675. The minimum absolute atomic E-state index is 0.850. The smallest absolute Gasteiger partial charge is 0.134 e. The van der Waals surface area contributed by atoms with Crippen LogP contribution in [0.25, 0.3) is 11.0 Å². The SMILES string of the molecule is Cc1ccc2c(CBr)coc2c1. The Morgan fingerprint density at radius 2 is 2.25 bits per heavy atom. The summed E-state index contributed by atoms with van der Waals surface area (Å²) in [6.07, 6.45) is 1.80. The fraction of sp³-hybridized carbons (Fsp3) is 0.200. The highest BCUT2D eigenvalue weighted by Gasteiger charge is 2.03. The van der Waals surface area contributed by atoms with E-state index in [-0.39, 0.29) is 0 Å². The summed E-state index contributed by atoms with van der Waals surface area (Å²) in [5.74, 6) is 0. The third kappa shape index (κ3) is 1.16. The second-order valence-electron chi connectivity index (χ2n) is 2.89. The van der Waals surface area contributed by atoms with Gasteiger partial charge in [-0.2, -0.15) is 0 Å². The monoisotopic (exact) mass is 224 g/mol. The Balaban J connectivity index is 2.73. The van der Waals surface area contributed by atoms with Crippen LogP contribution >= 0.6 is 15.9 Å². The summed E-state index contributed by atoms with van der Waals surface area (Å²) in [6.45, 7) is 2.07. The molecule has 12 heavy (non-hydrogen) atoms. The third-order valence-electron chi connectivity index (χ3n) is 1.96. The van der Waals surface area contributed by atoms with Gasteiger partial charge in [0.25, 0.3) is 0 Å². The van der Waals surface area contributed by atoms with Crippen molar-refractivity contribution in [1.82, 2.24) is 0 Å². The first-order valence-corrected chi connectivity index (χ1v) is 4.96. The van der Waals surface area contributed by atoms with Crippen molar-refractivity contribution in [2.24, 2.45) is 0 Å². The summed E-state index contributed by atoms with van der Waals surface area (Å²) < 4.78 is 5.39. The first kappa shape index (κ1) is 7.87. The predicted octanol–water partition coefficient (Wildman–Crippen LogP) is 3.64. The average molecular weight is 225 g/mol. The molecule has 1 heterocycles. The number of halogens is 1. The summed E-state index contributed by atoms with van der Waals surface area (Å²) >= 11 is 3.42. The molecule has 0 saturated carbocycles. The van der Waals surface area contributed by atoms with Crippen LogP contribution in [-0.2, 0) is 5.33 Å². The van der Waals surface area contributed by atoms with Crippen molar-refractivity contribution < 1.29 is 4.42 Å². The van der Waals surface area contributed by atoms with Crippen LogP contribution in [0.1, 0.15) is 11.1 Å². The molecule has 1 nitrogen and oxygen atoms in total. The first-order chi connectivity index (χ1) is 5.81. The molecule has 0 aliphatic rings. The molecule has 0 bridgehead atoms. The Labute approximate surface area is 79.5 Å². The lowest BCUT2D eigenvalue weighted by Crippen LogP contribution is -1.73. The van der Waals surface area contributed by atoms with Gasteiger partial charge in [-0.05, 0) is 18.6 Å². The largest absolute Gasteiger partial charge is 0.464 e. The van der Waals surface area contributed by atoms with Crippen molar-refractivity contribution in [1.29, 1.82) is 0 Å². The molecular weight excluding hydrogens is 216 g/mol. The molecule has 0 N–H and O–H groups in total. The zero-order valence-corrected chi connectivity index (χ0v) is 8.39. The molecule has 0 spiro atoms. The Kier molecular flexibility index (Phi) is 1.93. The molecule has 0 atom stereocenters. The first-order valence-electron chi connectivity index (χ1n) is 3.84. The molecule has 0 radical (unpaired) electrons. The van der Waals surface area contributed by atoms with Crippen molar-refractivity contribution in [2.45, 2.75) is 12.3 Å². The van der Waals surface area contributed by atoms with Crippen LogP contribution < -0.4 is 0 Å². The molecule has 0 aliphatic heterocycles. The summed E-state index contributed by atoms with van der Waals surface area (Å²) in [5.41, 5.74) is 3.42. The van der Waals surface area contributed by atoms with Gasteiger partial charge in [0, 0.05) is 16.3 Å². The molecule has 1 aromatic carbocycles. The van der Waals surface area contributed by atoms with Gasteiger partial charge >= 0.3 is 0 Å². The molecule has 62 valence electrons. The van der Waals surface area contributed by atoms with Crippen LogP contribution in [0.4, 0.5) is 0 Å². The van der Waals surface area contributed by atoms with Crippen LogP contribution in [0, 0.1) is 6.92 Å². The zero-order chi connectivity index (χ0) is 8.55. The Hall–Kier alpha value is -0.760. The van der Waals surface area contributed by atoms with Gasteiger partial charge in [-0.3, -0.25) is 0 Å². The molecule has 2 aromatic rings. The minimum Gasteiger partial charge on any atom is -0.464 e. The van der Waals surface area contributed by atoms with Crippen LogP contribution in [0.15, 0.2) is 28.9 Å². The lowest BCUT2D eigenvalue weighted by atomic mass is 10.1. The normalized spacial score (nSPS) is 10.8. The molecule has 0 aliphatic carbocycles. The van der Waals surface area contributed by atoms with Crippen molar-refractivity contribution in [3.8, 4) is 0 Å². The van der Waals surface area contributed by atoms with Crippen LogP contribution in [-0.4, -0.2) is 0 Å². The molecule has 0 fully saturated rings. The molecule has 0 unspecified atom stereocenters. The van der Waals surface area contributed by atoms with Gasteiger partial charge in [-0.25, -0.2) is 0 Å². The number of hydrogen-bond donors (Lipinski definition) is 0. The van der Waals surface area contributed by atoms with E-state index in [4.69, 9.17) is 4.42 Å². The van der Waals surface area contributed by atoms with Gasteiger partial charge in [-0.15, -0.1) is 0 Å². The van der Waals surface area contributed by atoms with E-state index < -0.39 is 0 Å². The lowest BCUT2D eigenvalue weighted by Gasteiger charge is -1.92.